The van der Waals surface area contributed by atoms with Crippen LogP contribution in [0, 0.1) is 25.7 Å². The molecule has 0 amide bonds. The Morgan fingerprint density at radius 1 is 1.20 bits per heavy atom. The Bertz CT molecular complexity index is 587. The number of rotatable bonds is 3. The Hall–Kier alpha value is -1.07. The predicted octanol–water partition coefficient (Wildman–Crippen LogP) is 2.60. The molecule has 112 valence electrons. The lowest BCUT2D eigenvalue weighted by atomic mass is 9.98. The maximum atomic E-state index is 12.5. The van der Waals surface area contributed by atoms with E-state index in [1.165, 1.54) is 0 Å². The normalized spacial score (nSPS) is 26.9. The summed E-state index contributed by atoms with van der Waals surface area (Å²) in [5, 5.41) is 0. The maximum absolute atomic E-state index is 12.5. The summed E-state index contributed by atoms with van der Waals surface area (Å²) in [4.78, 5) is 0.268. The molecule has 3 atom stereocenters. The first-order chi connectivity index (χ1) is 9.22. The van der Waals surface area contributed by atoms with Crippen LogP contribution in [0.25, 0.3) is 0 Å². The average molecular weight is 296 g/mol. The highest BCUT2D eigenvalue weighted by atomic mass is 32.2. The molecular formula is C15H24N2O2S. The summed E-state index contributed by atoms with van der Waals surface area (Å²) in [6.07, 6.45) is 1.98. The summed E-state index contributed by atoms with van der Waals surface area (Å²) in [7, 11) is -3.49. The molecule has 4 nitrogen and oxygen atoms in total. The SMILES string of the molecule is Cc1cc(S(=O)(=O)NC2CCC(C)C2C)cc(N)c1C. The topological polar surface area (TPSA) is 72.2 Å². The Labute approximate surface area is 121 Å². The fourth-order valence-corrected chi connectivity index (χ4v) is 4.29. The molecular weight excluding hydrogens is 272 g/mol. The highest BCUT2D eigenvalue weighted by molar-refractivity contribution is 7.89. The van der Waals surface area contributed by atoms with Gasteiger partial charge in [0.2, 0.25) is 10.0 Å². The first-order valence-electron chi connectivity index (χ1n) is 7.11. The zero-order valence-corrected chi connectivity index (χ0v) is 13.4. The summed E-state index contributed by atoms with van der Waals surface area (Å²) in [6.45, 7) is 8.06. The predicted molar refractivity (Wildman–Crippen MR) is 82.0 cm³/mol. The molecule has 0 heterocycles. The number of hydrogen-bond donors (Lipinski definition) is 2. The average Bonchev–Trinajstić information content (AvgIpc) is 2.67. The molecule has 0 radical (unpaired) electrons. The first-order valence-corrected chi connectivity index (χ1v) is 8.59. The molecule has 3 N–H and O–H groups in total. The molecule has 2 rings (SSSR count). The number of anilines is 1. The monoisotopic (exact) mass is 296 g/mol. The van der Waals surface area contributed by atoms with E-state index in [1.54, 1.807) is 12.1 Å². The Balaban J connectivity index is 2.27. The van der Waals surface area contributed by atoms with Crippen LogP contribution in [-0.4, -0.2) is 14.5 Å². The van der Waals surface area contributed by atoms with E-state index in [0.29, 0.717) is 17.5 Å². The van der Waals surface area contributed by atoms with Gasteiger partial charge in [0.25, 0.3) is 0 Å². The van der Waals surface area contributed by atoms with Gasteiger partial charge in [-0.1, -0.05) is 13.8 Å². The van der Waals surface area contributed by atoms with Gasteiger partial charge in [-0.25, -0.2) is 13.1 Å². The van der Waals surface area contributed by atoms with Crippen LogP contribution in [0.2, 0.25) is 0 Å². The van der Waals surface area contributed by atoms with E-state index in [2.05, 4.69) is 18.6 Å². The second-order valence-electron chi connectivity index (χ2n) is 6.10. The van der Waals surface area contributed by atoms with E-state index in [9.17, 15) is 8.42 Å². The van der Waals surface area contributed by atoms with Crippen molar-refractivity contribution in [3.05, 3.63) is 23.3 Å². The quantitative estimate of drug-likeness (QED) is 0.842. The molecule has 0 saturated heterocycles. The highest BCUT2D eigenvalue weighted by Gasteiger charge is 2.33. The fraction of sp³-hybridized carbons (Fsp3) is 0.600. The Kier molecular flexibility index (Phi) is 4.12. The van der Waals surface area contributed by atoms with Gasteiger partial charge in [-0.05, 0) is 61.8 Å². The largest absolute Gasteiger partial charge is 0.398 e. The number of benzene rings is 1. The van der Waals surface area contributed by atoms with E-state index in [4.69, 9.17) is 5.73 Å². The number of hydrogen-bond acceptors (Lipinski definition) is 3. The van der Waals surface area contributed by atoms with Gasteiger partial charge in [0.05, 0.1) is 4.90 Å². The van der Waals surface area contributed by atoms with E-state index in [0.717, 1.165) is 24.0 Å². The summed E-state index contributed by atoms with van der Waals surface area (Å²) >= 11 is 0. The third kappa shape index (κ3) is 2.83. The summed E-state index contributed by atoms with van der Waals surface area (Å²) < 4.78 is 27.8. The fourth-order valence-electron chi connectivity index (χ4n) is 2.81. The number of nitrogens with one attached hydrogen (secondary N) is 1. The molecule has 0 aliphatic heterocycles. The minimum atomic E-state index is -3.49. The van der Waals surface area contributed by atoms with Crippen LogP contribution in [0.3, 0.4) is 0 Å². The van der Waals surface area contributed by atoms with Gasteiger partial charge in [0, 0.05) is 11.7 Å². The van der Waals surface area contributed by atoms with Gasteiger partial charge in [-0.2, -0.15) is 0 Å². The van der Waals surface area contributed by atoms with Crippen molar-refractivity contribution >= 4 is 15.7 Å². The van der Waals surface area contributed by atoms with Gasteiger partial charge in [-0.3, -0.25) is 0 Å². The third-order valence-corrected chi connectivity index (χ3v) is 6.23. The lowest BCUT2D eigenvalue weighted by Crippen LogP contribution is -2.37. The van der Waals surface area contributed by atoms with Crippen LogP contribution in [0.4, 0.5) is 5.69 Å². The zero-order valence-electron chi connectivity index (χ0n) is 12.6. The van der Waals surface area contributed by atoms with Gasteiger partial charge in [0.15, 0.2) is 0 Å². The van der Waals surface area contributed by atoms with Crippen molar-refractivity contribution < 1.29 is 8.42 Å². The van der Waals surface area contributed by atoms with Gasteiger partial charge in [-0.15, -0.1) is 0 Å². The number of nitrogen functional groups attached to an aromatic ring is 1. The van der Waals surface area contributed by atoms with Crippen LogP contribution in [0.5, 0.6) is 0 Å². The molecule has 3 unspecified atom stereocenters. The number of aryl methyl sites for hydroxylation is 1. The van der Waals surface area contributed by atoms with E-state index in [1.807, 2.05) is 13.8 Å². The number of nitrogens with two attached hydrogens (primary N) is 1. The van der Waals surface area contributed by atoms with Gasteiger partial charge in [0.1, 0.15) is 0 Å². The van der Waals surface area contributed by atoms with Gasteiger partial charge >= 0.3 is 0 Å². The summed E-state index contributed by atoms with van der Waals surface area (Å²) in [6, 6.07) is 3.27. The van der Waals surface area contributed by atoms with Crippen LogP contribution >= 0.6 is 0 Å². The van der Waals surface area contributed by atoms with Crippen molar-refractivity contribution in [1.82, 2.24) is 4.72 Å². The number of sulfonamides is 1. The molecule has 1 fully saturated rings. The van der Waals surface area contributed by atoms with Crippen molar-refractivity contribution in [2.45, 2.75) is 51.5 Å². The molecule has 0 aromatic heterocycles. The van der Waals surface area contributed by atoms with E-state index < -0.39 is 10.0 Å². The van der Waals surface area contributed by atoms with Crippen LogP contribution < -0.4 is 10.5 Å². The lowest BCUT2D eigenvalue weighted by Gasteiger charge is -2.20. The van der Waals surface area contributed by atoms with Crippen LogP contribution in [0.15, 0.2) is 17.0 Å². The van der Waals surface area contributed by atoms with Crippen molar-refractivity contribution in [3.8, 4) is 0 Å². The smallest absolute Gasteiger partial charge is 0.240 e. The molecule has 1 aromatic rings. The summed E-state index contributed by atoms with van der Waals surface area (Å²) in [5.41, 5.74) is 8.25. The minimum absolute atomic E-state index is 0.0258. The second-order valence-corrected chi connectivity index (χ2v) is 7.81. The van der Waals surface area contributed by atoms with E-state index in [-0.39, 0.29) is 10.9 Å². The van der Waals surface area contributed by atoms with Gasteiger partial charge < -0.3 is 5.73 Å². The standard InChI is InChI=1S/C15H24N2O2S/c1-9-5-6-15(12(9)4)17-20(18,19)13-7-10(2)11(3)14(16)8-13/h7-9,12,15,17H,5-6,16H2,1-4H3. The molecule has 20 heavy (non-hydrogen) atoms. The highest BCUT2D eigenvalue weighted by Crippen LogP contribution is 2.32. The molecule has 5 heteroatoms. The molecule has 1 aliphatic rings. The molecule has 1 saturated carbocycles. The first kappa shape index (κ1) is 15.3. The Morgan fingerprint density at radius 3 is 2.35 bits per heavy atom. The van der Waals surface area contributed by atoms with Crippen LogP contribution in [0.1, 0.15) is 37.8 Å². The maximum Gasteiger partial charge on any atom is 0.240 e. The third-order valence-electron chi connectivity index (χ3n) is 4.76. The Morgan fingerprint density at radius 2 is 1.85 bits per heavy atom. The molecule has 0 bridgehead atoms. The molecule has 1 aliphatic carbocycles. The van der Waals surface area contributed by atoms with Crippen molar-refractivity contribution in [1.29, 1.82) is 0 Å². The summed E-state index contributed by atoms with van der Waals surface area (Å²) in [5.74, 6) is 0.932. The van der Waals surface area contributed by atoms with Crippen molar-refractivity contribution in [2.75, 3.05) is 5.73 Å². The molecule has 1 aromatic carbocycles. The van der Waals surface area contributed by atoms with Crippen LogP contribution in [-0.2, 0) is 10.0 Å². The van der Waals surface area contributed by atoms with Crippen molar-refractivity contribution in [2.24, 2.45) is 11.8 Å². The second kappa shape index (κ2) is 5.37. The van der Waals surface area contributed by atoms with Crippen molar-refractivity contribution in [3.63, 3.8) is 0 Å². The minimum Gasteiger partial charge on any atom is -0.398 e. The zero-order chi connectivity index (χ0) is 15.1. The molecule has 0 spiro atoms. The lowest BCUT2D eigenvalue weighted by molar-refractivity contribution is 0.402. The van der Waals surface area contributed by atoms with E-state index >= 15 is 0 Å².